The Kier molecular flexibility index (Phi) is 4.75. The number of ether oxygens (including phenoxy) is 1. The number of carboxylic acid groups (broad SMARTS) is 1. The van der Waals surface area contributed by atoms with E-state index in [1.807, 2.05) is 0 Å². The summed E-state index contributed by atoms with van der Waals surface area (Å²) in [4.78, 5) is 10.8. The second-order valence-corrected chi connectivity index (χ2v) is 5.47. The Morgan fingerprint density at radius 3 is 2.36 bits per heavy atom. The van der Waals surface area contributed by atoms with Crippen molar-refractivity contribution >= 4 is 5.97 Å². The Morgan fingerprint density at radius 1 is 0.920 bits per heavy atom. The lowest BCUT2D eigenvalue weighted by Gasteiger charge is -2.09. The van der Waals surface area contributed by atoms with E-state index in [4.69, 9.17) is 9.84 Å². The first-order valence-electron chi connectivity index (χ1n) is 7.55. The van der Waals surface area contributed by atoms with Crippen molar-refractivity contribution in [3.8, 4) is 22.6 Å². The van der Waals surface area contributed by atoms with Crippen molar-refractivity contribution in [3.63, 3.8) is 0 Å². The molecule has 0 atom stereocenters. The summed E-state index contributed by atoms with van der Waals surface area (Å²) in [5.41, 5.74) is 1.44. The summed E-state index contributed by atoms with van der Waals surface area (Å²) in [6.07, 6.45) is -0.0992. The van der Waals surface area contributed by atoms with Crippen molar-refractivity contribution in [3.05, 3.63) is 83.9 Å². The van der Waals surface area contributed by atoms with Crippen molar-refractivity contribution in [2.75, 3.05) is 0 Å². The molecule has 126 valence electrons. The standard InChI is InChI=1S/C20H14F2O3/c21-15-7-8-18(19(22)12-15)14-4-2-6-17(11-14)25-16-5-1-3-13(9-16)10-20(23)24/h1-9,11-12H,10H2,(H,23,24). The van der Waals surface area contributed by atoms with Crippen molar-refractivity contribution in [1.29, 1.82) is 0 Å². The van der Waals surface area contributed by atoms with Crippen LogP contribution < -0.4 is 4.74 Å². The van der Waals surface area contributed by atoms with Gasteiger partial charge in [-0.05, 0) is 47.5 Å². The van der Waals surface area contributed by atoms with Crippen molar-refractivity contribution in [2.24, 2.45) is 0 Å². The number of benzene rings is 3. The van der Waals surface area contributed by atoms with E-state index in [-0.39, 0.29) is 12.0 Å². The van der Waals surface area contributed by atoms with Crippen LogP contribution in [0.1, 0.15) is 5.56 Å². The molecule has 3 aromatic rings. The first-order valence-corrected chi connectivity index (χ1v) is 7.55. The summed E-state index contributed by atoms with van der Waals surface area (Å²) in [6, 6.07) is 16.9. The van der Waals surface area contributed by atoms with Crippen LogP contribution in [-0.4, -0.2) is 11.1 Å². The van der Waals surface area contributed by atoms with Gasteiger partial charge in [-0.25, -0.2) is 8.78 Å². The maximum absolute atomic E-state index is 13.9. The number of hydrogen-bond acceptors (Lipinski definition) is 2. The summed E-state index contributed by atoms with van der Waals surface area (Å²) in [6.45, 7) is 0. The molecule has 0 saturated carbocycles. The molecule has 0 aliphatic carbocycles. The lowest BCUT2D eigenvalue weighted by Crippen LogP contribution is -1.99. The van der Waals surface area contributed by atoms with Gasteiger partial charge >= 0.3 is 5.97 Å². The molecule has 0 aromatic heterocycles. The van der Waals surface area contributed by atoms with Crippen LogP contribution in [0.4, 0.5) is 8.78 Å². The molecule has 0 spiro atoms. The van der Waals surface area contributed by atoms with Gasteiger partial charge in [0.15, 0.2) is 0 Å². The van der Waals surface area contributed by atoms with Gasteiger partial charge in [-0.1, -0.05) is 24.3 Å². The molecule has 0 fully saturated rings. The average molecular weight is 340 g/mol. The zero-order valence-electron chi connectivity index (χ0n) is 13.1. The summed E-state index contributed by atoms with van der Waals surface area (Å²) in [7, 11) is 0. The van der Waals surface area contributed by atoms with Gasteiger partial charge in [-0.3, -0.25) is 4.79 Å². The van der Waals surface area contributed by atoms with Gasteiger partial charge in [0, 0.05) is 11.6 Å². The predicted molar refractivity (Wildman–Crippen MR) is 89.6 cm³/mol. The largest absolute Gasteiger partial charge is 0.481 e. The number of rotatable bonds is 5. The molecule has 3 aromatic carbocycles. The first kappa shape index (κ1) is 16.6. The second kappa shape index (κ2) is 7.13. The maximum atomic E-state index is 13.9. The fourth-order valence-corrected chi connectivity index (χ4v) is 2.48. The second-order valence-electron chi connectivity index (χ2n) is 5.47. The highest BCUT2D eigenvalue weighted by Gasteiger charge is 2.08. The smallest absolute Gasteiger partial charge is 0.307 e. The van der Waals surface area contributed by atoms with E-state index in [1.165, 1.54) is 12.1 Å². The highest BCUT2D eigenvalue weighted by Crippen LogP contribution is 2.29. The minimum absolute atomic E-state index is 0.0992. The number of hydrogen-bond donors (Lipinski definition) is 1. The van der Waals surface area contributed by atoms with Gasteiger partial charge in [0.1, 0.15) is 23.1 Å². The lowest BCUT2D eigenvalue weighted by atomic mass is 10.0. The third kappa shape index (κ3) is 4.20. The SMILES string of the molecule is O=C(O)Cc1cccc(Oc2cccc(-c3ccc(F)cc3F)c2)c1. The minimum atomic E-state index is -0.925. The van der Waals surface area contributed by atoms with E-state index in [9.17, 15) is 13.6 Å². The molecule has 3 rings (SSSR count). The van der Waals surface area contributed by atoms with Crippen LogP contribution in [0.25, 0.3) is 11.1 Å². The Morgan fingerprint density at radius 2 is 1.64 bits per heavy atom. The van der Waals surface area contributed by atoms with Gasteiger partial charge in [0.2, 0.25) is 0 Å². The molecule has 0 saturated heterocycles. The quantitative estimate of drug-likeness (QED) is 0.707. The Hall–Kier alpha value is -3.21. The Balaban J connectivity index is 1.86. The fourth-order valence-electron chi connectivity index (χ4n) is 2.48. The predicted octanol–water partition coefficient (Wildman–Crippen LogP) is 5.05. The monoisotopic (exact) mass is 340 g/mol. The zero-order valence-corrected chi connectivity index (χ0v) is 13.1. The molecule has 0 amide bonds. The van der Waals surface area contributed by atoms with E-state index in [0.717, 1.165) is 6.07 Å². The Bertz CT molecular complexity index is 922. The van der Waals surface area contributed by atoms with Crippen molar-refractivity contribution in [2.45, 2.75) is 6.42 Å². The summed E-state index contributed by atoms with van der Waals surface area (Å²) < 4.78 is 32.7. The first-order chi connectivity index (χ1) is 12.0. The van der Waals surface area contributed by atoms with Crippen LogP contribution in [0.5, 0.6) is 11.5 Å². The number of halogens is 2. The molecular weight excluding hydrogens is 326 g/mol. The number of carbonyl (C=O) groups is 1. The number of carboxylic acids is 1. The van der Waals surface area contributed by atoms with Crippen LogP contribution in [0, 0.1) is 11.6 Å². The molecule has 0 aliphatic rings. The maximum Gasteiger partial charge on any atom is 0.307 e. The summed E-state index contributed by atoms with van der Waals surface area (Å²) in [5, 5.41) is 8.85. The van der Waals surface area contributed by atoms with Crippen LogP contribution >= 0.6 is 0 Å². The molecule has 25 heavy (non-hydrogen) atoms. The van der Waals surface area contributed by atoms with E-state index >= 15 is 0 Å². The van der Waals surface area contributed by atoms with E-state index in [0.29, 0.717) is 22.6 Å². The molecule has 0 bridgehead atoms. The van der Waals surface area contributed by atoms with Gasteiger partial charge in [0.05, 0.1) is 6.42 Å². The van der Waals surface area contributed by atoms with Crippen molar-refractivity contribution in [1.82, 2.24) is 0 Å². The molecule has 5 heteroatoms. The molecule has 0 radical (unpaired) electrons. The van der Waals surface area contributed by atoms with E-state index in [2.05, 4.69) is 0 Å². The lowest BCUT2D eigenvalue weighted by molar-refractivity contribution is -0.136. The zero-order chi connectivity index (χ0) is 17.8. The number of aliphatic carboxylic acids is 1. The van der Waals surface area contributed by atoms with Crippen LogP contribution in [0.3, 0.4) is 0 Å². The Labute approximate surface area is 143 Å². The summed E-state index contributed by atoms with van der Waals surface area (Å²) in [5.74, 6) is -1.26. The van der Waals surface area contributed by atoms with Gasteiger partial charge in [-0.15, -0.1) is 0 Å². The van der Waals surface area contributed by atoms with E-state index in [1.54, 1.807) is 48.5 Å². The molecule has 0 heterocycles. The highest BCUT2D eigenvalue weighted by molar-refractivity contribution is 5.70. The highest BCUT2D eigenvalue weighted by atomic mass is 19.1. The fraction of sp³-hybridized carbons (Fsp3) is 0.0500. The molecular formula is C20H14F2O3. The van der Waals surface area contributed by atoms with Gasteiger partial charge in [0.25, 0.3) is 0 Å². The average Bonchev–Trinajstić information content (AvgIpc) is 2.55. The van der Waals surface area contributed by atoms with Gasteiger partial charge < -0.3 is 9.84 Å². The normalized spacial score (nSPS) is 10.5. The molecule has 1 N–H and O–H groups in total. The molecule has 0 unspecified atom stereocenters. The summed E-state index contributed by atoms with van der Waals surface area (Å²) >= 11 is 0. The van der Waals surface area contributed by atoms with Crippen LogP contribution in [0.2, 0.25) is 0 Å². The third-order valence-corrected chi connectivity index (χ3v) is 3.57. The topological polar surface area (TPSA) is 46.5 Å². The van der Waals surface area contributed by atoms with Crippen LogP contribution in [0.15, 0.2) is 66.7 Å². The molecule has 0 aliphatic heterocycles. The third-order valence-electron chi connectivity index (χ3n) is 3.57. The van der Waals surface area contributed by atoms with E-state index < -0.39 is 17.6 Å². The molecule has 3 nitrogen and oxygen atoms in total. The van der Waals surface area contributed by atoms with Gasteiger partial charge in [-0.2, -0.15) is 0 Å². The van der Waals surface area contributed by atoms with Crippen LogP contribution in [-0.2, 0) is 11.2 Å². The van der Waals surface area contributed by atoms with Crippen molar-refractivity contribution < 1.29 is 23.4 Å². The minimum Gasteiger partial charge on any atom is -0.481 e.